The number of esters is 1. The third-order valence-corrected chi connectivity index (χ3v) is 5.87. The van der Waals surface area contributed by atoms with Crippen LogP contribution in [0.4, 0.5) is 5.69 Å². The molecule has 0 bridgehead atoms. The molecule has 0 saturated carbocycles. The first-order valence-corrected chi connectivity index (χ1v) is 10.9. The number of carbonyl (C=O) groups is 2. The molecule has 2 aromatic rings. The van der Waals surface area contributed by atoms with Crippen LogP contribution in [0.2, 0.25) is 0 Å². The molecular weight excluding hydrogens is 390 g/mol. The summed E-state index contributed by atoms with van der Waals surface area (Å²) in [4.78, 5) is 27.1. The van der Waals surface area contributed by atoms with Crippen molar-refractivity contribution in [1.29, 1.82) is 0 Å². The highest BCUT2D eigenvalue weighted by atomic mass is 16.5. The van der Waals surface area contributed by atoms with Gasteiger partial charge in [0.1, 0.15) is 5.75 Å². The molecule has 0 aliphatic carbocycles. The van der Waals surface area contributed by atoms with Crippen LogP contribution in [0.25, 0.3) is 0 Å². The molecule has 31 heavy (non-hydrogen) atoms. The number of rotatable bonds is 6. The molecule has 0 aromatic heterocycles. The van der Waals surface area contributed by atoms with E-state index in [1.807, 2.05) is 48.2 Å². The van der Waals surface area contributed by atoms with E-state index in [4.69, 9.17) is 9.47 Å². The summed E-state index contributed by atoms with van der Waals surface area (Å²) in [6.45, 7) is 9.01. The van der Waals surface area contributed by atoms with Crippen LogP contribution < -0.4 is 9.64 Å². The summed E-state index contributed by atoms with van der Waals surface area (Å²) in [6.07, 6.45) is 1.58. The summed E-state index contributed by atoms with van der Waals surface area (Å²) in [5, 5.41) is 0. The first-order valence-electron chi connectivity index (χ1n) is 10.9. The Morgan fingerprint density at radius 2 is 1.74 bits per heavy atom. The second-order valence-electron chi connectivity index (χ2n) is 9.21. The fourth-order valence-corrected chi connectivity index (χ4v) is 4.14. The number of methoxy groups -OCH3 is 1. The van der Waals surface area contributed by atoms with E-state index in [0.29, 0.717) is 25.9 Å². The zero-order valence-corrected chi connectivity index (χ0v) is 19.2. The molecule has 0 radical (unpaired) electrons. The van der Waals surface area contributed by atoms with Crippen molar-refractivity contribution in [3.05, 3.63) is 59.7 Å². The van der Waals surface area contributed by atoms with Crippen LogP contribution in [0.3, 0.4) is 0 Å². The summed E-state index contributed by atoms with van der Waals surface area (Å²) in [5.41, 5.74) is 3.04. The third-order valence-electron chi connectivity index (χ3n) is 5.87. The van der Waals surface area contributed by atoms with Crippen LogP contribution >= 0.6 is 0 Å². The molecular formula is C26H33NO4. The third kappa shape index (κ3) is 5.27. The van der Waals surface area contributed by atoms with Gasteiger partial charge in [-0.2, -0.15) is 0 Å². The minimum Gasteiger partial charge on any atom is -0.494 e. The number of hydrogen-bond acceptors (Lipinski definition) is 4. The van der Waals surface area contributed by atoms with E-state index >= 15 is 0 Å². The molecule has 1 aliphatic rings. The van der Waals surface area contributed by atoms with Gasteiger partial charge in [0, 0.05) is 18.2 Å². The summed E-state index contributed by atoms with van der Waals surface area (Å²) in [7, 11) is 1.41. The summed E-state index contributed by atoms with van der Waals surface area (Å²) >= 11 is 0. The Balaban J connectivity index is 1.59. The van der Waals surface area contributed by atoms with Gasteiger partial charge in [0.25, 0.3) is 0 Å². The molecule has 3 rings (SSSR count). The fraction of sp³-hybridized carbons (Fsp3) is 0.462. The average molecular weight is 424 g/mol. The maximum absolute atomic E-state index is 13.0. The van der Waals surface area contributed by atoms with Crippen molar-refractivity contribution in [2.45, 2.75) is 64.3 Å². The Kier molecular flexibility index (Phi) is 7.04. The molecule has 0 N–H and O–H groups in total. The van der Waals surface area contributed by atoms with Crippen LogP contribution in [0.15, 0.2) is 48.5 Å². The normalized spacial score (nSPS) is 18.3. The smallest absolute Gasteiger partial charge is 0.313 e. The quantitative estimate of drug-likeness (QED) is 0.472. The molecule has 1 amide bonds. The number of fused-ring (bicyclic) bond motifs is 1. The lowest BCUT2D eigenvalue weighted by atomic mass is 9.86. The van der Waals surface area contributed by atoms with Gasteiger partial charge in [0.2, 0.25) is 5.91 Å². The van der Waals surface area contributed by atoms with Crippen molar-refractivity contribution < 1.29 is 19.1 Å². The Morgan fingerprint density at radius 3 is 2.39 bits per heavy atom. The van der Waals surface area contributed by atoms with Gasteiger partial charge in [-0.3, -0.25) is 9.59 Å². The summed E-state index contributed by atoms with van der Waals surface area (Å²) < 4.78 is 10.8. The number of anilines is 1. The number of hydrogen-bond donors (Lipinski definition) is 0. The van der Waals surface area contributed by atoms with Crippen molar-refractivity contribution in [2.75, 3.05) is 18.6 Å². The Hall–Kier alpha value is -2.82. The Labute approximate surface area is 185 Å². The first-order chi connectivity index (χ1) is 14.7. The second kappa shape index (κ2) is 9.54. The second-order valence-corrected chi connectivity index (χ2v) is 9.21. The van der Waals surface area contributed by atoms with Crippen molar-refractivity contribution in [3.63, 3.8) is 0 Å². The highest BCUT2D eigenvalue weighted by molar-refractivity contribution is 5.97. The average Bonchev–Trinajstić information content (AvgIpc) is 2.75. The number of para-hydroxylation sites is 1. The fourth-order valence-electron chi connectivity index (χ4n) is 4.14. The van der Waals surface area contributed by atoms with E-state index in [2.05, 4.69) is 32.9 Å². The lowest BCUT2D eigenvalue weighted by Gasteiger charge is -2.38. The van der Waals surface area contributed by atoms with Gasteiger partial charge in [0.15, 0.2) is 0 Å². The van der Waals surface area contributed by atoms with Crippen LogP contribution in [0.5, 0.6) is 5.75 Å². The first kappa shape index (κ1) is 22.9. The minimum atomic E-state index is -0.334. The van der Waals surface area contributed by atoms with Crippen molar-refractivity contribution in [3.8, 4) is 5.75 Å². The molecule has 2 unspecified atom stereocenters. The molecule has 0 spiro atoms. The largest absolute Gasteiger partial charge is 0.494 e. The molecule has 5 heteroatoms. The van der Waals surface area contributed by atoms with Crippen LogP contribution in [0, 0.1) is 0 Å². The molecule has 1 heterocycles. The summed E-state index contributed by atoms with van der Waals surface area (Å²) in [6, 6.07) is 15.7. The maximum atomic E-state index is 13.0. The SMILES string of the molecule is COC(=O)C1CC(C)N(C(=O)CCCOc2ccc(C(C)(C)C)cc2)c2ccccc21. The molecule has 166 valence electrons. The highest BCUT2D eigenvalue weighted by Crippen LogP contribution is 2.39. The van der Waals surface area contributed by atoms with Crippen LogP contribution in [0.1, 0.15) is 64.0 Å². The van der Waals surface area contributed by atoms with E-state index in [0.717, 1.165) is 17.0 Å². The lowest BCUT2D eigenvalue weighted by molar-refractivity contribution is -0.143. The predicted molar refractivity (Wildman–Crippen MR) is 123 cm³/mol. The van der Waals surface area contributed by atoms with Gasteiger partial charge in [0.05, 0.1) is 19.6 Å². The van der Waals surface area contributed by atoms with Gasteiger partial charge in [-0.15, -0.1) is 0 Å². The van der Waals surface area contributed by atoms with E-state index < -0.39 is 0 Å². The van der Waals surface area contributed by atoms with Crippen molar-refractivity contribution in [2.24, 2.45) is 0 Å². The Bertz CT molecular complexity index is 914. The van der Waals surface area contributed by atoms with Gasteiger partial charge in [-0.1, -0.05) is 51.1 Å². The molecule has 2 aromatic carbocycles. The van der Waals surface area contributed by atoms with Crippen molar-refractivity contribution in [1.82, 2.24) is 0 Å². The topological polar surface area (TPSA) is 55.8 Å². The molecule has 5 nitrogen and oxygen atoms in total. The highest BCUT2D eigenvalue weighted by Gasteiger charge is 2.37. The van der Waals surface area contributed by atoms with E-state index in [-0.39, 0.29) is 29.3 Å². The predicted octanol–water partition coefficient (Wildman–Crippen LogP) is 5.23. The molecule has 1 aliphatic heterocycles. The van der Waals surface area contributed by atoms with Crippen LogP contribution in [-0.4, -0.2) is 31.6 Å². The molecule has 0 saturated heterocycles. The number of ether oxygens (including phenoxy) is 2. The van der Waals surface area contributed by atoms with Gasteiger partial charge >= 0.3 is 5.97 Å². The molecule has 0 fully saturated rings. The molecule has 2 atom stereocenters. The number of amides is 1. The summed E-state index contributed by atoms with van der Waals surface area (Å²) in [5.74, 6) is 0.282. The standard InChI is InChI=1S/C26H33NO4/c1-18-17-22(25(29)30-5)21-9-6-7-10-23(21)27(18)24(28)11-8-16-31-20-14-12-19(13-15-20)26(2,3)4/h6-7,9-10,12-15,18,22H,8,11,16-17H2,1-5H3. The number of nitrogens with zero attached hydrogens (tertiary/aromatic N) is 1. The van der Waals surface area contributed by atoms with Gasteiger partial charge in [-0.25, -0.2) is 0 Å². The minimum absolute atomic E-state index is 0.0509. The van der Waals surface area contributed by atoms with E-state index in [1.54, 1.807) is 0 Å². The lowest BCUT2D eigenvalue weighted by Crippen LogP contribution is -2.44. The van der Waals surface area contributed by atoms with E-state index in [1.165, 1.54) is 12.7 Å². The number of carbonyl (C=O) groups excluding carboxylic acids is 2. The van der Waals surface area contributed by atoms with Crippen molar-refractivity contribution >= 4 is 17.6 Å². The monoisotopic (exact) mass is 423 g/mol. The maximum Gasteiger partial charge on any atom is 0.313 e. The van der Waals surface area contributed by atoms with Gasteiger partial charge < -0.3 is 14.4 Å². The zero-order valence-electron chi connectivity index (χ0n) is 19.2. The Morgan fingerprint density at radius 1 is 1.06 bits per heavy atom. The zero-order chi connectivity index (χ0) is 22.6. The van der Waals surface area contributed by atoms with Crippen LogP contribution in [-0.2, 0) is 19.7 Å². The van der Waals surface area contributed by atoms with Gasteiger partial charge in [-0.05, 0) is 54.5 Å². The number of benzene rings is 2. The van der Waals surface area contributed by atoms with E-state index in [9.17, 15) is 9.59 Å².